The first-order valence-corrected chi connectivity index (χ1v) is 14.2. The first kappa shape index (κ1) is 26.9. The minimum atomic E-state index is -0.375. The maximum Gasteiger partial charge on any atom is 0.341 e. The summed E-state index contributed by atoms with van der Waals surface area (Å²) in [6.07, 6.45) is 4.17. The van der Waals surface area contributed by atoms with E-state index in [1.165, 1.54) is 23.1 Å². The van der Waals surface area contributed by atoms with Gasteiger partial charge in [0.1, 0.15) is 10.8 Å². The predicted molar refractivity (Wildman–Crippen MR) is 147 cm³/mol. The molecule has 0 fully saturated rings. The van der Waals surface area contributed by atoms with Crippen molar-refractivity contribution in [2.75, 3.05) is 17.7 Å². The Morgan fingerprint density at radius 3 is 2.84 bits per heavy atom. The normalized spacial score (nSPS) is 15.5. The number of anilines is 1. The molecule has 1 amide bonds. The van der Waals surface area contributed by atoms with Crippen molar-refractivity contribution in [1.29, 1.82) is 0 Å². The molecule has 0 bridgehead atoms. The first-order chi connectivity index (χ1) is 17.9. The second kappa shape index (κ2) is 12.4. The van der Waals surface area contributed by atoms with Crippen molar-refractivity contribution >= 4 is 40.0 Å². The number of amides is 1. The lowest BCUT2D eigenvalue weighted by atomic mass is 9.88. The van der Waals surface area contributed by atoms with Crippen LogP contribution >= 0.6 is 23.1 Å². The molecule has 2 aromatic heterocycles. The highest BCUT2D eigenvalue weighted by Crippen LogP contribution is 2.40. The summed E-state index contributed by atoms with van der Waals surface area (Å²) in [7, 11) is 0. The first-order valence-electron chi connectivity index (χ1n) is 12.4. The van der Waals surface area contributed by atoms with Crippen molar-refractivity contribution in [1.82, 2.24) is 14.8 Å². The molecule has 8 nitrogen and oxygen atoms in total. The van der Waals surface area contributed by atoms with Crippen molar-refractivity contribution in [2.45, 2.75) is 57.8 Å². The molecule has 37 heavy (non-hydrogen) atoms. The van der Waals surface area contributed by atoms with E-state index in [9.17, 15) is 9.59 Å². The Hall–Kier alpha value is -3.11. The highest BCUT2D eigenvalue weighted by atomic mass is 32.2. The summed E-state index contributed by atoms with van der Waals surface area (Å²) in [6, 6.07) is 9.53. The fourth-order valence-corrected chi connectivity index (χ4v) is 6.48. The van der Waals surface area contributed by atoms with E-state index in [2.05, 4.69) is 29.0 Å². The Labute approximate surface area is 225 Å². The summed E-state index contributed by atoms with van der Waals surface area (Å²) in [5.74, 6) is 1.47. The number of ether oxygens (including phenoxy) is 2. The summed E-state index contributed by atoms with van der Waals surface area (Å²) >= 11 is 2.77. The van der Waals surface area contributed by atoms with Crippen molar-refractivity contribution < 1.29 is 19.1 Å². The minimum Gasteiger partial charge on any atom is -0.483 e. The highest BCUT2D eigenvalue weighted by molar-refractivity contribution is 7.99. The number of nitrogens with zero attached hydrogens (tertiary/aromatic N) is 3. The van der Waals surface area contributed by atoms with Crippen LogP contribution in [0.4, 0.5) is 5.00 Å². The molecule has 2 heterocycles. The number of aromatic nitrogens is 3. The van der Waals surface area contributed by atoms with Crippen LogP contribution in [-0.2, 0) is 28.9 Å². The summed E-state index contributed by atoms with van der Waals surface area (Å²) in [5, 5.41) is 12.8. The van der Waals surface area contributed by atoms with Crippen LogP contribution < -0.4 is 10.1 Å². The molecule has 0 saturated carbocycles. The third-order valence-electron chi connectivity index (χ3n) is 6.05. The number of allylic oxidation sites excluding steroid dienone is 1. The second-order valence-corrected chi connectivity index (χ2v) is 11.0. The highest BCUT2D eigenvalue weighted by Gasteiger charge is 2.29. The van der Waals surface area contributed by atoms with Crippen molar-refractivity contribution in [3.05, 3.63) is 64.8 Å². The molecular weight excluding hydrogens is 508 g/mol. The van der Waals surface area contributed by atoms with Gasteiger partial charge in [-0.05, 0) is 56.7 Å². The van der Waals surface area contributed by atoms with Gasteiger partial charge in [-0.3, -0.25) is 9.36 Å². The minimum absolute atomic E-state index is 0.116. The molecule has 4 rings (SSSR count). The number of thioether (sulfide) groups is 1. The molecular formula is C27H32N4O4S2. The third kappa shape index (κ3) is 6.42. The molecule has 1 aliphatic carbocycles. The van der Waals surface area contributed by atoms with Gasteiger partial charge in [-0.1, -0.05) is 43.0 Å². The lowest BCUT2D eigenvalue weighted by Gasteiger charge is -2.18. The molecule has 0 saturated heterocycles. The van der Waals surface area contributed by atoms with E-state index in [0.29, 0.717) is 34.0 Å². The van der Waals surface area contributed by atoms with E-state index < -0.39 is 0 Å². The molecule has 0 radical (unpaired) electrons. The largest absolute Gasteiger partial charge is 0.483 e. The molecule has 196 valence electrons. The second-order valence-electron chi connectivity index (χ2n) is 8.93. The van der Waals surface area contributed by atoms with Gasteiger partial charge in [0.2, 0.25) is 5.91 Å². The van der Waals surface area contributed by atoms with Crippen LogP contribution in [0.15, 0.2) is 48.1 Å². The van der Waals surface area contributed by atoms with Crippen LogP contribution in [0.3, 0.4) is 0 Å². The van der Waals surface area contributed by atoms with Gasteiger partial charge in [0, 0.05) is 11.4 Å². The van der Waals surface area contributed by atoms with E-state index >= 15 is 0 Å². The van der Waals surface area contributed by atoms with E-state index in [4.69, 9.17) is 9.47 Å². The Bertz CT molecular complexity index is 1250. The van der Waals surface area contributed by atoms with E-state index in [1.807, 2.05) is 41.8 Å². The van der Waals surface area contributed by atoms with E-state index in [1.54, 1.807) is 13.0 Å². The van der Waals surface area contributed by atoms with Crippen molar-refractivity contribution in [3.8, 4) is 5.75 Å². The Kier molecular flexibility index (Phi) is 9.04. The van der Waals surface area contributed by atoms with E-state index in [-0.39, 0.29) is 30.3 Å². The van der Waals surface area contributed by atoms with Crippen LogP contribution in [0.2, 0.25) is 0 Å². The van der Waals surface area contributed by atoms with Gasteiger partial charge < -0.3 is 14.8 Å². The van der Waals surface area contributed by atoms with Crippen LogP contribution in [0.5, 0.6) is 5.75 Å². The predicted octanol–water partition coefficient (Wildman–Crippen LogP) is 5.70. The number of benzene rings is 1. The van der Waals surface area contributed by atoms with E-state index in [0.717, 1.165) is 35.5 Å². The lowest BCUT2D eigenvalue weighted by Crippen LogP contribution is -2.18. The van der Waals surface area contributed by atoms with Crippen LogP contribution in [0.1, 0.15) is 59.9 Å². The number of thiophene rings is 1. The molecule has 0 spiro atoms. The average molecular weight is 541 g/mol. The van der Waals surface area contributed by atoms with Crippen LogP contribution in [-0.4, -0.2) is 39.0 Å². The van der Waals surface area contributed by atoms with Gasteiger partial charge in [0.05, 0.1) is 17.9 Å². The number of para-hydroxylation sites is 1. The SMILES string of the molecule is C=CCn1c(SCC(=O)Nc2sc3c(c2C(=O)OCC)CCC(C)C3)nnc1C(C)Oc1ccccc1. The molecule has 1 aliphatic rings. The number of esters is 1. The number of fused-ring (bicyclic) bond motifs is 1. The lowest BCUT2D eigenvalue weighted by molar-refractivity contribution is -0.113. The summed E-state index contributed by atoms with van der Waals surface area (Å²) < 4.78 is 13.2. The van der Waals surface area contributed by atoms with Gasteiger partial charge in [0.15, 0.2) is 17.1 Å². The van der Waals surface area contributed by atoms with Gasteiger partial charge in [-0.2, -0.15) is 0 Å². The number of rotatable bonds is 11. The zero-order valence-electron chi connectivity index (χ0n) is 21.4. The van der Waals surface area contributed by atoms with Crippen LogP contribution in [0.25, 0.3) is 0 Å². The zero-order valence-corrected chi connectivity index (χ0v) is 23.0. The molecule has 0 aliphatic heterocycles. The fraction of sp³-hybridized carbons (Fsp3) is 0.407. The molecule has 1 aromatic carbocycles. The van der Waals surface area contributed by atoms with Crippen LogP contribution in [0, 0.1) is 5.92 Å². The summed E-state index contributed by atoms with van der Waals surface area (Å²) in [6.45, 7) is 10.5. The smallest absolute Gasteiger partial charge is 0.341 e. The standard InChI is InChI=1S/C27H32N4O4S2/c1-5-14-31-24(18(4)35-19-10-8-7-9-11-19)29-30-27(31)36-16-22(32)28-25-23(26(33)34-6-2)20-13-12-17(3)15-21(20)37-25/h5,7-11,17-18H,1,6,12-16H2,2-4H3,(H,28,32). The molecule has 1 N–H and O–H groups in total. The monoisotopic (exact) mass is 540 g/mol. The number of hydrogen-bond acceptors (Lipinski definition) is 8. The fourth-order valence-electron chi connectivity index (χ4n) is 4.31. The number of hydrogen-bond donors (Lipinski definition) is 1. The van der Waals surface area contributed by atoms with Gasteiger partial charge in [0.25, 0.3) is 0 Å². The average Bonchev–Trinajstić information content (AvgIpc) is 3.44. The molecule has 3 aromatic rings. The number of carbonyl (C=O) groups excluding carboxylic acids is 2. The maximum absolute atomic E-state index is 13.0. The Morgan fingerprint density at radius 2 is 2.11 bits per heavy atom. The number of nitrogens with one attached hydrogen (secondary N) is 1. The van der Waals surface area contributed by atoms with Gasteiger partial charge in [-0.25, -0.2) is 4.79 Å². The van der Waals surface area contributed by atoms with Gasteiger partial charge >= 0.3 is 5.97 Å². The third-order valence-corrected chi connectivity index (χ3v) is 8.19. The summed E-state index contributed by atoms with van der Waals surface area (Å²) in [5.41, 5.74) is 1.53. The topological polar surface area (TPSA) is 95.3 Å². The molecule has 2 unspecified atom stereocenters. The maximum atomic E-state index is 13.0. The van der Waals surface area contributed by atoms with Crippen molar-refractivity contribution in [2.24, 2.45) is 5.92 Å². The Balaban J connectivity index is 1.46. The Morgan fingerprint density at radius 1 is 1.32 bits per heavy atom. The zero-order chi connectivity index (χ0) is 26.4. The van der Waals surface area contributed by atoms with Gasteiger partial charge in [-0.15, -0.1) is 28.1 Å². The van der Waals surface area contributed by atoms with Crippen molar-refractivity contribution in [3.63, 3.8) is 0 Å². The number of carbonyl (C=O) groups is 2. The molecule has 2 atom stereocenters. The summed E-state index contributed by atoms with van der Waals surface area (Å²) in [4.78, 5) is 26.9. The quantitative estimate of drug-likeness (QED) is 0.189. The molecule has 10 heteroatoms.